The zero-order chi connectivity index (χ0) is 25.5. The predicted molar refractivity (Wildman–Crippen MR) is 142 cm³/mol. The number of aromatic nitrogens is 4. The summed E-state index contributed by atoms with van der Waals surface area (Å²) in [6, 6.07) is 16.7. The van der Waals surface area contributed by atoms with Gasteiger partial charge in [-0.15, -0.1) is 0 Å². The number of hydrogen-bond donors (Lipinski definition) is 4. The van der Waals surface area contributed by atoms with Crippen LogP contribution in [-0.2, 0) is 4.79 Å². The Balaban J connectivity index is 1.58. The molecule has 186 valence electrons. The summed E-state index contributed by atoms with van der Waals surface area (Å²) < 4.78 is 0. The molecular weight excluding hydrogens is 476 g/mol. The van der Waals surface area contributed by atoms with E-state index in [0.29, 0.717) is 42.0 Å². The molecule has 0 fully saturated rings. The highest BCUT2D eigenvalue weighted by Gasteiger charge is 2.15. The fourth-order valence-electron chi connectivity index (χ4n) is 3.28. The summed E-state index contributed by atoms with van der Waals surface area (Å²) in [5.41, 5.74) is 1.86. The largest absolute Gasteiger partial charge is 0.349 e. The molecule has 2 aromatic carbocycles. The molecule has 0 saturated carbocycles. The minimum Gasteiger partial charge on any atom is -0.349 e. The first-order valence-corrected chi connectivity index (χ1v) is 12.3. The van der Waals surface area contributed by atoms with Crippen LogP contribution in [0.4, 0.5) is 17.3 Å². The number of hydrogen-bond acceptors (Lipinski definition) is 8. The molecule has 0 atom stereocenters. The number of amides is 2. The van der Waals surface area contributed by atoms with Crippen LogP contribution in [0.5, 0.6) is 0 Å². The van der Waals surface area contributed by atoms with E-state index in [2.05, 4.69) is 36.1 Å². The summed E-state index contributed by atoms with van der Waals surface area (Å²) in [6.45, 7) is 3.01. The number of carbonyl (C=O) groups excluding carboxylic acids is 2. The molecule has 11 heteroatoms. The lowest BCUT2D eigenvalue weighted by atomic mass is 10.2. The van der Waals surface area contributed by atoms with Gasteiger partial charge in [0.2, 0.25) is 5.91 Å². The van der Waals surface area contributed by atoms with E-state index in [1.807, 2.05) is 67.5 Å². The Morgan fingerprint density at radius 1 is 1.06 bits per heavy atom. The first kappa shape index (κ1) is 25.1. The summed E-state index contributed by atoms with van der Waals surface area (Å²) in [7, 11) is 3.89. The maximum absolute atomic E-state index is 12.9. The number of aromatic amines is 1. The first-order valence-electron chi connectivity index (χ1n) is 11.5. The standard InChI is InChI=1S/C25H28N8O2S/c1-4-22(34)27-16-9-11-17(12-10-16)36-25-28-20(24(35)26-13-14-33(2)3)15-21(30-25)29-23-18-7-5-6-8-19(18)31-32-23/h5-12,15H,4,13-14H2,1-3H3,(H,26,35)(H,27,34)(H2,28,29,30,31,32). The van der Waals surface area contributed by atoms with Crippen molar-refractivity contribution in [1.29, 1.82) is 0 Å². The number of para-hydroxylation sites is 1. The second-order valence-electron chi connectivity index (χ2n) is 8.25. The minimum absolute atomic E-state index is 0.0478. The summed E-state index contributed by atoms with van der Waals surface area (Å²) >= 11 is 1.32. The Kier molecular flexibility index (Phi) is 8.13. The number of rotatable bonds is 10. The maximum atomic E-state index is 12.9. The Labute approximate surface area is 213 Å². The van der Waals surface area contributed by atoms with Crippen molar-refractivity contribution in [3.8, 4) is 0 Å². The number of nitrogens with one attached hydrogen (secondary N) is 4. The third kappa shape index (κ3) is 6.58. The molecule has 0 saturated heterocycles. The molecule has 0 bridgehead atoms. The zero-order valence-electron chi connectivity index (χ0n) is 20.3. The number of carbonyl (C=O) groups is 2. The molecule has 10 nitrogen and oxygen atoms in total. The van der Waals surface area contributed by atoms with E-state index in [1.165, 1.54) is 11.8 Å². The third-order valence-corrected chi connectivity index (χ3v) is 6.04. The number of nitrogens with zero attached hydrogens (tertiary/aromatic N) is 4. The van der Waals surface area contributed by atoms with E-state index < -0.39 is 0 Å². The van der Waals surface area contributed by atoms with Gasteiger partial charge in [-0.25, -0.2) is 9.97 Å². The van der Waals surface area contributed by atoms with Crippen LogP contribution in [0.2, 0.25) is 0 Å². The smallest absolute Gasteiger partial charge is 0.270 e. The first-order chi connectivity index (χ1) is 17.4. The van der Waals surface area contributed by atoms with Crippen molar-refractivity contribution in [3.63, 3.8) is 0 Å². The van der Waals surface area contributed by atoms with Crippen molar-refractivity contribution in [2.24, 2.45) is 0 Å². The van der Waals surface area contributed by atoms with Gasteiger partial charge in [-0.05, 0) is 62.3 Å². The van der Waals surface area contributed by atoms with Gasteiger partial charge in [-0.3, -0.25) is 14.7 Å². The highest BCUT2D eigenvalue weighted by atomic mass is 32.2. The van der Waals surface area contributed by atoms with E-state index in [0.717, 1.165) is 15.8 Å². The van der Waals surface area contributed by atoms with Crippen LogP contribution in [0.3, 0.4) is 0 Å². The van der Waals surface area contributed by atoms with Crippen molar-refractivity contribution in [2.45, 2.75) is 23.4 Å². The molecule has 0 radical (unpaired) electrons. The number of likely N-dealkylation sites (N-methyl/N-ethyl adjacent to an activating group) is 1. The molecule has 4 aromatic rings. The third-order valence-electron chi connectivity index (χ3n) is 5.17. The van der Waals surface area contributed by atoms with Crippen LogP contribution in [0.1, 0.15) is 23.8 Å². The van der Waals surface area contributed by atoms with Gasteiger partial charge in [0.25, 0.3) is 5.91 Å². The molecule has 0 unspecified atom stereocenters. The molecule has 4 rings (SSSR count). The van der Waals surface area contributed by atoms with Gasteiger partial charge < -0.3 is 20.9 Å². The minimum atomic E-state index is -0.284. The lowest BCUT2D eigenvalue weighted by Gasteiger charge is -2.12. The fourth-order valence-corrected chi connectivity index (χ4v) is 4.05. The quantitative estimate of drug-likeness (QED) is 0.240. The SMILES string of the molecule is CCC(=O)Nc1ccc(Sc2nc(Nc3n[nH]c4ccccc34)cc(C(=O)NCCN(C)C)n2)cc1. The average Bonchev–Trinajstić information content (AvgIpc) is 3.27. The fraction of sp³-hybridized carbons (Fsp3) is 0.240. The lowest BCUT2D eigenvalue weighted by Crippen LogP contribution is -2.32. The molecule has 2 amide bonds. The molecule has 36 heavy (non-hydrogen) atoms. The van der Waals surface area contributed by atoms with Gasteiger partial charge >= 0.3 is 0 Å². The predicted octanol–water partition coefficient (Wildman–Crippen LogP) is 3.89. The molecule has 0 aliphatic heterocycles. The summed E-state index contributed by atoms with van der Waals surface area (Å²) in [4.78, 5) is 36.4. The van der Waals surface area contributed by atoms with E-state index in [1.54, 1.807) is 13.0 Å². The van der Waals surface area contributed by atoms with Crippen LogP contribution in [-0.4, -0.2) is 64.1 Å². The summed E-state index contributed by atoms with van der Waals surface area (Å²) in [5, 5.41) is 17.6. The molecule has 4 N–H and O–H groups in total. The van der Waals surface area contributed by atoms with Crippen LogP contribution >= 0.6 is 11.8 Å². The van der Waals surface area contributed by atoms with E-state index in [9.17, 15) is 9.59 Å². The second-order valence-corrected chi connectivity index (χ2v) is 9.29. The summed E-state index contributed by atoms with van der Waals surface area (Å²) in [5.74, 6) is 0.728. The van der Waals surface area contributed by atoms with Crippen molar-refractivity contribution < 1.29 is 9.59 Å². The maximum Gasteiger partial charge on any atom is 0.270 e. The number of fused-ring (bicyclic) bond motifs is 1. The average molecular weight is 505 g/mol. The topological polar surface area (TPSA) is 128 Å². The molecule has 2 aromatic heterocycles. The van der Waals surface area contributed by atoms with Gasteiger partial charge in [0.05, 0.1) is 5.52 Å². The van der Waals surface area contributed by atoms with Gasteiger partial charge in [0, 0.05) is 41.5 Å². The highest BCUT2D eigenvalue weighted by molar-refractivity contribution is 7.99. The monoisotopic (exact) mass is 504 g/mol. The van der Waals surface area contributed by atoms with E-state index in [-0.39, 0.29) is 17.5 Å². The second kappa shape index (κ2) is 11.6. The molecule has 0 aliphatic carbocycles. The van der Waals surface area contributed by atoms with Crippen molar-refractivity contribution in [3.05, 3.63) is 60.3 Å². The van der Waals surface area contributed by atoms with Crippen molar-refractivity contribution in [1.82, 2.24) is 30.4 Å². The zero-order valence-corrected chi connectivity index (χ0v) is 21.1. The Bertz CT molecular complexity index is 1350. The lowest BCUT2D eigenvalue weighted by molar-refractivity contribution is -0.115. The Morgan fingerprint density at radius 2 is 1.83 bits per heavy atom. The van der Waals surface area contributed by atoms with Crippen LogP contribution in [0.25, 0.3) is 10.9 Å². The van der Waals surface area contributed by atoms with Gasteiger partial charge in [0.1, 0.15) is 11.5 Å². The Morgan fingerprint density at radius 3 is 2.58 bits per heavy atom. The number of benzene rings is 2. The van der Waals surface area contributed by atoms with Crippen molar-refractivity contribution >= 4 is 51.8 Å². The van der Waals surface area contributed by atoms with Crippen molar-refractivity contribution in [2.75, 3.05) is 37.8 Å². The van der Waals surface area contributed by atoms with Crippen LogP contribution < -0.4 is 16.0 Å². The van der Waals surface area contributed by atoms with Gasteiger partial charge in [0.15, 0.2) is 11.0 Å². The van der Waals surface area contributed by atoms with Crippen LogP contribution in [0, 0.1) is 0 Å². The normalized spacial score (nSPS) is 11.0. The number of H-pyrrole nitrogens is 1. The highest BCUT2D eigenvalue weighted by Crippen LogP contribution is 2.29. The Hall–Kier alpha value is -3.96. The van der Waals surface area contributed by atoms with Crippen LogP contribution in [0.15, 0.2) is 64.6 Å². The molecule has 0 aliphatic rings. The molecule has 2 heterocycles. The van der Waals surface area contributed by atoms with Gasteiger partial charge in [-0.1, -0.05) is 19.1 Å². The van der Waals surface area contributed by atoms with E-state index in [4.69, 9.17) is 0 Å². The van der Waals surface area contributed by atoms with Gasteiger partial charge in [-0.2, -0.15) is 5.10 Å². The summed E-state index contributed by atoms with van der Waals surface area (Å²) in [6.07, 6.45) is 0.412. The number of anilines is 3. The molecular formula is C25H28N8O2S. The molecule has 0 spiro atoms. The van der Waals surface area contributed by atoms with E-state index >= 15 is 0 Å².